The molecule has 0 unspecified atom stereocenters. The maximum absolute atomic E-state index is 12.7. The molecule has 4 aromatic rings. The summed E-state index contributed by atoms with van der Waals surface area (Å²) >= 11 is 0. The van der Waals surface area contributed by atoms with Crippen molar-refractivity contribution < 1.29 is 23.8 Å². The van der Waals surface area contributed by atoms with Crippen molar-refractivity contribution in [2.24, 2.45) is 0 Å². The molecule has 29 heavy (non-hydrogen) atoms. The first-order valence-electron chi connectivity index (χ1n) is 8.93. The number of cyclic esters (lactones) is 2. The number of ether oxygens (including phenoxy) is 3. The Hall–Kier alpha value is -4.00. The topological polar surface area (TPSA) is 93.4 Å². The van der Waals surface area contributed by atoms with Crippen LogP contribution >= 0.6 is 0 Å². The highest BCUT2D eigenvalue weighted by Gasteiger charge is 2.37. The molecule has 2 aromatic carbocycles. The minimum absolute atomic E-state index is 0.221. The Bertz CT molecular complexity index is 1340. The predicted molar refractivity (Wildman–Crippen MR) is 108 cm³/mol. The van der Waals surface area contributed by atoms with Crippen LogP contribution in [-0.4, -0.2) is 36.1 Å². The van der Waals surface area contributed by atoms with Gasteiger partial charge in [-0.15, -0.1) is 0 Å². The lowest BCUT2D eigenvalue weighted by atomic mass is 9.95. The van der Waals surface area contributed by atoms with Crippen molar-refractivity contribution >= 4 is 44.9 Å². The SMILES string of the molecule is COc1cc2[nH]cc(C3=C(c4c[nH]c5ccccc45)C(=O)OC3=O)c2cc1OC. The van der Waals surface area contributed by atoms with Gasteiger partial charge in [-0.1, -0.05) is 18.2 Å². The third-order valence-corrected chi connectivity index (χ3v) is 5.16. The number of aromatic nitrogens is 2. The van der Waals surface area contributed by atoms with Crippen molar-refractivity contribution in [2.45, 2.75) is 0 Å². The van der Waals surface area contributed by atoms with Gasteiger partial charge in [0.15, 0.2) is 11.5 Å². The fourth-order valence-electron chi connectivity index (χ4n) is 3.81. The molecule has 0 saturated heterocycles. The van der Waals surface area contributed by atoms with Crippen molar-refractivity contribution in [1.82, 2.24) is 9.97 Å². The van der Waals surface area contributed by atoms with Crippen LogP contribution in [0, 0.1) is 0 Å². The molecule has 144 valence electrons. The molecule has 0 atom stereocenters. The number of hydrogen-bond donors (Lipinski definition) is 2. The molecule has 0 aliphatic carbocycles. The average Bonchev–Trinajstić information content (AvgIpc) is 3.41. The number of aromatic amines is 2. The number of methoxy groups -OCH3 is 2. The van der Waals surface area contributed by atoms with E-state index in [4.69, 9.17) is 14.2 Å². The van der Waals surface area contributed by atoms with Gasteiger partial charge in [0.25, 0.3) is 0 Å². The number of nitrogens with one attached hydrogen (secondary N) is 2. The van der Waals surface area contributed by atoms with Crippen LogP contribution in [0.1, 0.15) is 11.1 Å². The second-order valence-corrected chi connectivity index (χ2v) is 6.63. The van der Waals surface area contributed by atoms with Gasteiger partial charge in [0.2, 0.25) is 0 Å². The van der Waals surface area contributed by atoms with Crippen molar-refractivity contribution in [2.75, 3.05) is 14.2 Å². The van der Waals surface area contributed by atoms with E-state index in [-0.39, 0.29) is 11.1 Å². The Morgan fingerprint density at radius 2 is 1.34 bits per heavy atom. The molecule has 0 radical (unpaired) electrons. The molecule has 3 heterocycles. The van der Waals surface area contributed by atoms with Gasteiger partial charge in [-0.2, -0.15) is 0 Å². The molecular weight excluding hydrogens is 372 g/mol. The largest absolute Gasteiger partial charge is 0.493 e. The molecule has 7 nitrogen and oxygen atoms in total. The van der Waals surface area contributed by atoms with Crippen molar-refractivity contribution in [1.29, 1.82) is 0 Å². The molecule has 2 N–H and O–H groups in total. The minimum Gasteiger partial charge on any atom is -0.493 e. The fourth-order valence-corrected chi connectivity index (χ4v) is 3.81. The highest BCUT2D eigenvalue weighted by molar-refractivity contribution is 6.46. The lowest BCUT2D eigenvalue weighted by Crippen LogP contribution is -2.01. The van der Waals surface area contributed by atoms with Crippen LogP contribution in [0.15, 0.2) is 48.8 Å². The summed E-state index contributed by atoms with van der Waals surface area (Å²) in [6.45, 7) is 0. The van der Waals surface area contributed by atoms with Gasteiger partial charge in [-0.3, -0.25) is 0 Å². The molecule has 1 aliphatic rings. The first-order chi connectivity index (χ1) is 14.1. The third kappa shape index (κ3) is 2.44. The van der Waals surface area contributed by atoms with Gasteiger partial charge < -0.3 is 24.2 Å². The van der Waals surface area contributed by atoms with Crippen molar-refractivity contribution in [3.8, 4) is 11.5 Å². The summed E-state index contributed by atoms with van der Waals surface area (Å²) in [5, 5.41) is 1.56. The molecule has 2 aromatic heterocycles. The maximum atomic E-state index is 12.7. The monoisotopic (exact) mass is 388 g/mol. The molecule has 5 rings (SSSR count). The van der Waals surface area contributed by atoms with E-state index in [9.17, 15) is 9.59 Å². The normalized spacial score (nSPS) is 14.1. The Kier molecular flexibility index (Phi) is 3.70. The van der Waals surface area contributed by atoms with E-state index < -0.39 is 11.9 Å². The number of benzene rings is 2. The van der Waals surface area contributed by atoms with Gasteiger partial charge in [0.1, 0.15) is 0 Å². The molecule has 7 heteroatoms. The van der Waals surface area contributed by atoms with E-state index in [0.29, 0.717) is 22.6 Å². The molecular formula is C22H16N2O5. The van der Waals surface area contributed by atoms with Gasteiger partial charge in [-0.05, 0) is 12.1 Å². The van der Waals surface area contributed by atoms with Crippen LogP contribution in [0.3, 0.4) is 0 Å². The third-order valence-electron chi connectivity index (χ3n) is 5.16. The van der Waals surface area contributed by atoms with Gasteiger partial charge in [0.05, 0.1) is 25.4 Å². The highest BCUT2D eigenvalue weighted by atomic mass is 16.6. The zero-order valence-corrected chi connectivity index (χ0v) is 15.7. The van der Waals surface area contributed by atoms with Crippen LogP contribution in [0.2, 0.25) is 0 Å². The van der Waals surface area contributed by atoms with Crippen LogP contribution in [0.5, 0.6) is 11.5 Å². The molecule has 0 amide bonds. The Morgan fingerprint density at radius 1 is 0.759 bits per heavy atom. The van der Waals surface area contributed by atoms with E-state index in [1.54, 1.807) is 38.7 Å². The minimum atomic E-state index is -0.675. The Balaban J connectivity index is 1.80. The van der Waals surface area contributed by atoms with Gasteiger partial charge >= 0.3 is 11.9 Å². The Labute approximate surface area is 164 Å². The van der Waals surface area contributed by atoms with E-state index in [1.807, 2.05) is 24.3 Å². The van der Waals surface area contributed by atoms with Crippen LogP contribution < -0.4 is 9.47 Å². The summed E-state index contributed by atoms with van der Waals surface area (Å²) < 4.78 is 15.7. The van der Waals surface area contributed by atoms with Crippen molar-refractivity contribution in [3.63, 3.8) is 0 Å². The molecule has 0 bridgehead atoms. The number of carbonyl (C=O) groups excluding carboxylic acids is 2. The fraction of sp³-hybridized carbons (Fsp3) is 0.0909. The number of esters is 2. The van der Waals surface area contributed by atoms with E-state index >= 15 is 0 Å². The second kappa shape index (κ2) is 6.27. The number of rotatable bonds is 4. The summed E-state index contributed by atoms with van der Waals surface area (Å²) in [4.78, 5) is 31.6. The lowest BCUT2D eigenvalue weighted by molar-refractivity contribution is -0.149. The number of fused-ring (bicyclic) bond motifs is 2. The quantitative estimate of drug-likeness (QED) is 0.411. The standard InChI is InChI=1S/C22H16N2O5/c1-27-17-7-12-14(10-24-16(12)8-18(17)28-2)20-19(21(25)29-22(20)26)13-9-23-15-6-4-3-5-11(13)15/h3-10,23-24H,1-2H3. The highest BCUT2D eigenvalue weighted by Crippen LogP contribution is 2.41. The number of hydrogen-bond acceptors (Lipinski definition) is 5. The average molecular weight is 388 g/mol. The Morgan fingerprint density at radius 3 is 2.03 bits per heavy atom. The first kappa shape index (κ1) is 17.1. The first-order valence-corrected chi connectivity index (χ1v) is 8.93. The summed E-state index contributed by atoms with van der Waals surface area (Å²) in [6.07, 6.45) is 3.41. The van der Waals surface area contributed by atoms with Crippen LogP contribution in [0.4, 0.5) is 0 Å². The summed E-state index contributed by atoms with van der Waals surface area (Å²) in [5.41, 5.74) is 3.27. The molecule has 0 spiro atoms. The van der Waals surface area contributed by atoms with E-state index in [1.165, 1.54) is 0 Å². The molecule has 1 aliphatic heterocycles. The van der Waals surface area contributed by atoms with E-state index in [0.717, 1.165) is 21.8 Å². The predicted octanol–water partition coefficient (Wildman–Crippen LogP) is 3.66. The van der Waals surface area contributed by atoms with Gasteiger partial charge in [-0.25, -0.2) is 9.59 Å². The zero-order chi connectivity index (χ0) is 20.1. The number of para-hydroxylation sites is 1. The summed E-state index contributed by atoms with van der Waals surface area (Å²) in [7, 11) is 3.10. The second-order valence-electron chi connectivity index (χ2n) is 6.63. The zero-order valence-electron chi connectivity index (χ0n) is 15.7. The summed E-state index contributed by atoms with van der Waals surface area (Å²) in [5.74, 6) is -0.257. The molecule has 0 fully saturated rings. The van der Waals surface area contributed by atoms with E-state index in [2.05, 4.69) is 9.97 Å². The maximum Gasteiger partial charge on any atom is 0.347 e. The van der Waals surface area contributed by atoms with Crippen LogP contribution in [0.25, 0.3) is 33.0 Å². The number of carbonyl (C=O) groups is 2. The van der Waals surface area contributed by atoms with Crippen LogP contribution in [-0.2, 0) is 14.3 Å². The summed E-state index contributed by atoms with van der Waals surface area (Å²) in [6, 6.07) is 11.1. The van der Waals surface area contributed by atoms with Gasteiger partial charge in [0, 0.05) is 51.4 Å². The number of H-pyrrole nitrogens is 2. The molecule has 0 saturated carbocycles. The smallest absolute Gasteiger partial charge is 0.347 e. The lowest BCUT2D eigenvalue weighted by Gasteiger charge is -2.08. The van der Waals surface area contributed by atoms with Crippen molar-refractivity contribution in [3.05, 3.63) is 59.9 Å².